The summed E-state index contributed by atoms with van der Waals surface area (Å²) in [6.45, 7) is 8.20. The molecule has 6 rings (SSSR count). The molecule has 1 amide bonds. The van der Waals surface area contributed by atoms with Gasteiger partial charge in [0.05, 0.1) is 13.3 Å². The molecule has 1 unspecified atom stereocenters. The zero-order chi connectivity index (χ0) is 21.6. The summed E-state index contributed by atoms with van der Waals surface area (Å²) >= 11 is 5.95. The van der Waals surface area contributed by atoms with E-state index >= 15 is 0 Å². The maximum Gasteiger partial charge on any atom is 0.409 e. The maximum atomic E-state index is 12.0. The summed E-state index contributed by atoms with van der Waals surface area (Å²) in [4.78, 5) is 18.5. The third-order valence-corrected chi connectivity index (χ3v) is 8.65. The molecule has 1 atom stereocenters. The van der Waals surface area contributed by atoms with Crippen molar-refractivity contribution in [2.75, 3.05) is 39.5 Å². The molecule has 2 aliphatic heterocycles. The molecule has 4 bridgehead atoms. The lowest BCUT2D eigenvalue weighted by Gasteiger charge is -2.59. The van der Waals surface area contributed by atoms with Crippen LogP contribution in [0.1, 0.15) is 52.4 Å². The standard InChI is InChI=1S/C23H37N5O2S/c1-3-5-27-20(23-13-17-10-18(14-23)12-19(11-17)15-23)24-28(21(27)31)16-25-6-8-26(9-7-25)22(29)30-4-2/h3,5,17-20,24H,4,6-16H2,1-2H3/b5-3+. The van der Waals surface area contributed by atoms with Gasteiger partial charge in [0.25, 0.3) is 0 Å². The lowest BCUT2D eigenvalue weighted by molar-refractivity contribution is -0.0936. The number of carbonyl (C=O) groups excluding carboxylic acids is 1. The molecular weight excluding hydrogens is 410 g/mol. The molecular formula is C23H37N5O2S. The van der Waals surface area contributed by atoms with Crippen LogP contribution in [0.5, 0.6) is 0 Å². The number of hydrogen-bond donors (Lipinski definition) is 1. The minimum absolute atomic E-state index is 0.196. The normalized spacial score (nSPS) is 38.0. The largest absolute Gasteiger partial charge is 0.450 e. The Morgan fingerprint density at radius 3 is 2.29 bits per heavy atom. The zero-order valence-corrected chi connectivity index (χ0v) is 19.8. The van der Waals surface area contributed by atoms with Gasteiger partial charge in [-0.05, 0) is 82.3 Å². The highest BCUT2D eigenvalue weighted by molar-refractivity contribution is 7.80. The number of nitrogens with one attached hydrogen (secondary N) is 1. The van der Waals surface area contributed by atoms with Crippen LogP contribution < -0.4 is 5.43 Å². The van der Waals surface area contributed by atoms with Crippen LogP contribution in [0.3, 0.4) is 0 Å². The van der Waals surface area contributed by atoms with Gasteiger partial charge in [0.15, 0.2) is 5.11 Å². The van der Waals surface area contributed by atoms with Gasteiger partial charge in [0, 0.05) is 37.8 Å². The van der Waals surface area contributed by atoms with Gasteiger partial charge in [0.1, 0.15) is 6.17 Å². The summed E-state index contributed by atoms with van der Waals surface area (Å²) in [5.74, 6) is 2.75. The van der Waals surface area contributed by atoms with Crippen LogP contribution in [-0.2, 0) is 4.74 Å². The van der Waals surface area contributed by atoms with Crippen LogP contribution in [0.2, 0.25) is 0 Å². The minimum Gasteiger partial charge on any atom is -0.450 e. The number of ether oxygens (including phenoxy) is 1. The van der Waals surface area contributed by atoms with Crippen molar-refractivity contribution >= 4 is 23.4 Å². The first kappa shape index (κ1) is 21.5. The fourth-order valence-electron chi connectivity index (χ4n) is 7.36. The highest BCUT2D eigenvalue weighted by Gasteiger charge is 2.57. The number of thiocarbonyl (C=S) groups is 1. The third kappa shape index (κ3) is 3.95. The summed E-state index contributed by atoms with van der Waals surface area (Å²) in [6.07, 6.45) is 12.8. The van der Waals surface area contributed by atoms with Crippen molar-refractivity contribution in [1.82, 2.24) is 25.1 Å². The lowest BCUT2D eigenvalue weighted by atomic mass is 9.48. The van der Waals surface area contributed by atoms with E-state index in [1.165, 1.54) is 38.5 Å². The van der Waals surface area contributed by atoms with E-state index in [4.69, 9.17) is 17.0 Å². The highest BCUT2D eigenvalue weighted by atomic mass is 32.1. The van der Waals surface area contributed by atoms with Crippen LogP contribution >= 0.6 is 12.2 Å². The zero-order valence-electron chi connectivity index (χ0n) is 19.0. The molecule has 6 aliphatic rings. The highest BCUT2D eigenvalue weighted by Crippen LogP contribution is 2.62. The summed E-state index contributed by atoms with van der Waals surface area (Å²) in [6, 6.07) is 0. The van der Waals surface area contributed by atoms with E-state index < -0.39 is 0 Å². The number of hydrogen-bond acceptors (Lipinski definition) is 5. The van der Waals surface area contributed by atoms with Gasteiger partial charge in [0.2, 0.25) is 0 Å². The van der Waals surface area contributed by atoms with Crippen molar-refractivity contribution in [3.8, 4) is 0 Å². The molecule has 1 N–H and O–H groups in total. The number of carbonyl (C=O) groups is 1. The van der Waals surface area contributed by atoms with E-state index in [9.17, 15) is 4.79 Å². The van der Waals surface area contributed by atoms with Crippen molar-refractivity contribution in [3.05, 3.63) is 12.3 Å². The van der Waals surface area contributed by atoms with Crippen LogP contribution in [0.4, 0.5) is 4.79 Å². The van der Waals surface area contributed by atoms with Gasteiger partial charge in [-0.25, -0.2) is 10.2 Å². The van der Waals surface area contributed by atoms with E-state index in [1.807, 2.05) is 6.92 Å². The first-order valence-corrected chi connectivity index (χ1v) is 12.5. The molecule has 4 saturated carbocycles. The van der Waals surface area contributed by atoms with Gasteiger partial charge < -0.3 is 14.5 Å². The lowest BCUT2D eigenvalue weighted by Crippen LogP contribution is -2.59. The van der Waals surface area contributed by atoms with Crippen LogP contribution in [0, 0.1) is 23.2 Å². The van der Waals surface area contributed by atoms with Gasteiger partial charge in [-0.15, -0.1) is 0 Å². The molecule has 0 aromatic heterocycles. The van der Waals surface area contributed by atoms with Crippen LogP contribution in [0.15, 0.2) is 12.3 Å². The summed E-state index contributed by atoms with van der Waals surface area (Å²) in [7, 11) is 0. The van der Waals surface area contributed by atoms with Crippen molar-refractivity contribution < 1.29 is 9.53 Å². The van der Waals surface area contributed by atoms with E-state index in [0.717, 1.165) is 42.6 Å². The predicted octanol–water partition coefficient (Wildman–Crippen LogP) is 3.20. The number of amides is 1. The average molecular weight is 448 g/mol. The third-order valence-electron chi connectivity index (χ3n) is 8.22. The average Bonchev–Trinajstić information content (AvgIpc) is 3.04. The number of rotatable bonds is 5. The molecule has 0 aromatic rings. The second kappa shape index (κ2) is 8.52. The fraction of sp³-hybridized carbons (Fsp3) is 0.826. The van der Waals surface area contributed by atoms with E-state index in [2.05, 4.69) is 39.4 Å². The Morgan fingerprint density at radius 2 is 1.74 bits per heavy atom. The van der Waals surface area contributed by atoms with Crippen molar-refractivity contribution in [2.45, 2.75) is 58.5 Å². The van der Waals surface area contributed by atoms with Crippen LogP contribution in [-0.4, -0.2) is 76.5 Å². The van der Waals surface area contributed by atoms with E-state index in [-0.39, 0.29) is 12.3 Å². The second-order valence-electron chi connectivity index (χ2n) is 10.4. The Labute approximate surface area is 191 Å². The molecule has 4 aliphatic carbocycles. The minimum atomic E-state index is -0.196. The van der Waals surface area contributed by atoms with E-state index in [1.54, 1.807) is 4.90 Å². The Kier molecular flexibility index (Phi) is 5.90. The summed E-state index contributed by atoms with van der Waals surface area (Å²) in [5, 5.41) is 3.06. The monoisotopic (exact) mass is 447 g/mol. The fourth-order valence-corrected chi connectivity index (χ4v) is 7.63. The molecule has 7 nitrogen and oxygen atoms in total. The smallest absolute Gasteiger partial charge is 0.409 e. The molecule has 31 heavy (non-hydrogen) atoms. The van der Waals surface area contributed by atoms with Crippen LogP contribution in [0.25, 0.3) is 0 Å². The Bertz CT molecular complexity index is 700. The second-order valence-corrected chi connectivity index (χ2v) is 10.7. The molecule has 172 valence electrons. The molecule has 6 fully saturated rings. The number of allylic oxidation sites excluding steroid dienone is 1. The Balaban J connectivity index is 1.25. The molecule has 2 saturated heterocycles. The number of piperazine rings is 1. The van der Waals surface area contributed by atoms with Crippen molar-refractivity contribution in [1.29, 1.82) is 0 Å². The van der Waals surface area contributed by atoms with Crippen molar-refractivity contribution in [3.63, 3.8) is 0 Å². The summed E-state index contributed by atoms with van der Waals surface area (Å²) in [5.41, 5.74) is 4.20. The number of nitrogens with zero attached hydrogens (tertiary/aromatic N) is 4. The van der Waals surface area contributed by atoms with E-state index in [0.29, 0.717) is 25.1 Å². The Morgan fingerprint density at radius 1 is 1.13 bits per heavy atom. The quantitative estimate of drug-likeness (QED) is 0.650. The van der Waals surface area contributed by atoms with Gasteiger partial charge in [-0.3, -0.25) is 9.91 Å². The Hall–Kier alpha value is -1.38. The van der Waals surface area contributed by atoms with Gasteiger partial charge >= 0.3 is 6.09 Å². The molecule has 0 spiro atoms. The maximum absolute atomic E-state index is 12.0. The first-order chi connectivity index (χ1) is 15.0. The topological polar surface area (TPSA) is 51.3 Å². The first-order valence-electron chi connectivity index (χ1n) is 12.1. The molecule has 8 heteroatoms. The number of hydrazine groups is 1. The van der Waals surface area contributed by atoms with Gasteiger partial charge in [-0.2, -0.15) is 0 Å². The molecule has 0 aromatic carbocycles. The molecule has 2 heterocycles. The summed E-state index contributed by atoms with van der Waals surface area (Å²) < 4.78 is 5.15. The predicted molar refractivity (Wildman–Crippen MR) is 124 cm³/mol. The van der Waals surface area contributed by atoms with Crippen molar-refractivity contribution in [2.24, 2.45) is 23.2 Å². The van der Waals surface area contributed by atoms with Gasteiger partial charge in [-0.1, -0.05) is 6.08 Å². The SMILES string of the molecule is C/C=C/N1C(=S)N(CN2CCN(C(=O)OCC)CC2)NC1C12CC3CC(CC(C3)C1)C2. The molecule has 0 radical (unpaired) electrons.